The summed E-state index contributed by atoms with van der Waals surface area (Å²) in [4.78, 5) is 0. The molecule has 2 aliphatic carbocycles. The lowest BCUT2D eigenvalue weighted by Crippen LogP contribution is -2.25. The average Bonchev–Trinajstić information content (AvgIpc) is 2.72. The summed E-state index contributed by atoms with van der Waals surface area (Å²) in [5.41, 5.74) is 2.50. The minimum absolute atomic E-state index is 0.759. The summed E-state index contributed by atoms with van der Waals surface area (Å²) in [6.07, 6.45) is 18.6. The maximum absolute atomic E-state index is 3.27. The highest BCUT2D eigenvalue weighted by atomic mass is 14.3. The lowest BCUT2D eigenvalue weighted by atomic mass is 9.69. The normalized spacial score (nSPS) is 29.3. The van der Waals surface area contributed by atoms with E-state index in [1.807, 2.05) is 0 Å². The van der Waals surface area contributed by atoms with E-state index in [9.17, 15) is 0 Å². The molecule has 1 aromatic rings. The second-order valence-corrected chi connectivity index (χ2v) is 8.54. The van der Waals surface area contributed by atoms with Gasteiger partial charge in [-0.2, -0.15) is 0 Å². The van der Waals surface area contributed by atoms with Crippen molar-refractivity contribution >= 4 is 0 Å². The van der Waals surface area contributed by atoms with Gasteiger partial charge in [0.2, 0.25) is 0 Å². The molecular formula is C26H36. The van der Waals surface area contributed by atoms with Gasteiger partial charge in [0, 0.05) is 5.56 Å². The monoisotopic (exact) mass is 348 g/mol. The quantitative estimate of drug-likeness (QED) is 0.505. The molecule has 0 spiro atoms. The first kappa shape index (κ1) is 19.3. The van der Waals surface area contributed by atoms with Crippen LogP contribution >= 0.6 is 0 Å². The van der Waals surface area contributed by atoms with Crippen molar-refractivity contribution in [2.45, 2.75) is 78.1 Å². The van der Waals surface area contributed by atoms with Crippen molar-refractivity contribution in [2.75, 3.05) is 0 Å². The Morgan fingerprint density at radius 1 is 0.846 bits per heavy atom. The summed E-state index contributed by atoms with van der Waals surface area (Å²) in [5, 5.41) is 0. The second-order valence-electron chi connectivity index (χ2n) is 8.54. The summed E-state index contributed by atoms with van der Waals surface area (Å²) < 4.78 is 0. The Labute approximate surface area is 161 Å². The molecule has 3 rings (SSSR count). The van der Waals surface area contributed by atoms with Gasteiger partial charge in [-0.1, -0.05) is 63.2 Å². The van der Waals surface area contributed by atoms with E-state index in [1.165, 1.54) is 63.4 Å². The molecule has 2 fully saturated rings. The van der Waals surface area contributed by atoms with Crippen molar-refractivity contribution in [1.29, 1.82) is 0 Å². The maximum Gasteiger partial charge on any atom is 0.0249 e. The highest BCUT2D eigenvalue weighted by Crippen LogP contribution is 2.42. The zero-order valence-electron chi connectivity index (χ0n) is 16.8. The molecule has 0 atom stereocenters. The minimum atomic E-state index is 0.759. The van der Waals surface area contributed by atoms with Crippen LogP contribution < -0.4 is 0 Å². The molecule has 2 aliphatic rings. The van der Waals surface area contributed by atoms with Gasteiger partial charge in [0.05, 0.1) is 0 Å². The van der Waals surface area contributed by atoms with E-state index < -0.39 is 0 Å². The van der Waals surface area contributed by atoms with E-state index >= 15 is 0 Å². The Hall–Kier alpha value is -1.48. The molecule has 1 aromatic carbocycles. The fourth-order valence-electron chi connectivity index (χ4n) is 5.01. The zero-order valence-corrected chi connectivity index (χ0v) is 16.8. The fraction of sp³-hybridized carbons (Fsp3) is 0.615. The fourth-order valence-corrected chi connectivity index (χ4v) is 5.01. The standard InChI is InChI=1S/C26H36/c1-3-21-9-11-23(12-10-21)7-5-6-8-24-15-19-26(20-16-24)25-17-13-22(4-2)14-18-25/h6,8-12,22,24-26H,3-4,13-20H2,1-2H3/b8-6+. The van der Waals surface area contributed by atoms with Crippen LogP contribution in [0.3, 0.4) is 0 Å². The van der Waals surface area contributed by atoms with Crippen molar-refractivity contribution in [2.24, 2.45) is 23.7 Å². The number of hydrogen-bond acceptors (Lipinski definition) is 0. The van der Waals surface area contributed by atoms with Gasteiger partial charge < -0.3 is 0 Å². The van der Waals surface area contributed by atoms with Crippen molar-refractivity contribution in [1.82, 2.24) is 0 Å². The number of rotatable bonds is 4. The number of aryl methyl sites for hydroxylation is 1. The lowest BCUT2D eigenvalue weighted by Gasteiger charge is -2.37. The molecule has 0 unspecified atom stereocenters. The van der Waals surface area contributed by atoms with Gasteiger partial charge in [-0.05, 0) is 92.4 Å². The van der Waals surface area contributed by atoms with Gasteiger partial charge >= 0.3 is 0 Å². The smallest absolute Gasteiger partial charge is 0.0249 e. The summed E-state index contributed by atoms with van der Waals surface area (Å²) >= 11 is 0. The predicted octanol–water partition coefficient (Wildman–Crippen LogP) is 7.18. The van der Waals surface area contributed by atoms with Gasteiger partial charge in [0.25, 0.3) is 0 Å². The van der Waals surface area contributed by atoms with Crippen molar-refractivity contribution in [3.05, 3.63) is 47.5 Å². The summed E-state index contributed by atoms with van der Waals surface area (Å²) in [5.74, 6) is 10.3. The molecule has 0 nitrogen and oxygen atoms in total. The third kappa shape index (κ3) is 5.51. The Balaban J connectivity index is 1.41. The predicted molar refractivity (Wildman–Crippen MR) is 113 cm³/mol. The Morgan fingerprint density at radius 3 is 2.04 bits per heavy atom. The number of allylic oxidation sites excluding steroid dienone is 2. The van der Waals surface area contributed by atoms with E-state index in [0.29, 0.717) is 0 Å². The van der Waals surface area contributed by atoms with Gasteiger partial charge in [-0.15, -0.1) is 0 Å². The van der Waals surface area contributed by atoms with Crippen LogP contribution in [-0.2, 0) is 6.42 Å². The van der Waals surface area contributed by atoms with E-state index in [0.717, 1.165) is 35.7 Å². The summed E-state index contributed by atoms with van der Waals surface area (Å²) in [6.45, 7) is 4.56. The van der Waals surface area contributed by atoms with Crippen LogP contribution in [0.15, 0.2) is 36.4 Å². The van der Waals surface area contributed by atoms with Gasteiger partial charge in [0.1, 0.15) is 0 Å². The summed E-state index contributed by atoms with van der Waals surface area (Å²) in [7, 11) is 0. The van der Waals surface area contributed by atoms with E-state index in [-0.39, 0.29) is 0 Å². The molecule has 0 amide bonds. The van der Waals surface area contributed by atoms with Crippen LogP contribution in [0.4, 0.5) is 0 Å². The second kappa shape index (κ2) is 10.0. The topological polar surface area (TPSA) is 0 Å². The first-order valence-electron chi connectivity index (χ1n) is 11.1. The Bertz CT molecular complexity index is 608. The highest BCUT2D eigenvalue weighted by molar-refractivity contribution is 5.38. The minimum Gasteiger partial charge on any atom is -0.0730 e. The molecule has 0 aliphatic heterocycles. The lowest BCUT2D eigenvalue weighted by molar-refractivity contribution is 0.154. The maximum atomic E-state index is 3.27. The molecule has 26 heavy (non-hydrogen) atoms. The molecule has 2 saturated carbocycles. The number of hydrogen-bond donors (Lipinski definition) is 0. The van der Waals surface area contributed by atoms with Crippen LogP contribution in [0.2, 0.25) is 0 Å². The van der Waals surface area contributed by atoms with Crippen LogP contribution in [0.5, 0.6) is 0 Å². The molecule has 0 radical (unpaired) electrons. The van der Waals surface area contributed by atoms with Gasteiger partial charge in [0.15, 0.2) is 0 Å². The third-order valence-corrected chi connectivity index (χ3v) is 6.98. The zero-order chi connectivity index (χ0) is 18.2. The van der Waals surface area contributed by atoms with Crippen LogP contribution in [0.1, 0.15) is 82.8 Å². The van der Waals surface area contributed by atoms with E-state index in [4.69, 9.17) is 0 Å². The molecule has 0 heteroatoms. The Morgan fingerprint density at radius 2 is 1.46 bits per heavy atom. The molecule has 0 saturated heterocycles. The SMILES string of the molecule is CCc1ccc(C#C/C=C/C2CCC(C3CCC(CC)CC3)CC2)cc1. The first-order chi connectivity index (χ1) is 12.8. The molecule has 0 N–H and O–H groups in total. The highest BCUT2D eigenvalue weighted by Gasteiger charge is 2.29. The van der Waals surface area contributed by atoms with Crippen molar-refractivity contribution in [3.63, 3.8) is 0 Å². The van der Waals surface area contributed by atoms with Crippen LogP contribution in [0, 0.1) is 35.5 Å². The average molecular weight is 349 g/mol. The van der Waals surface area contributed by atoms with Crippen molar-refractivity contribution < 1.29 is 0 Å². The first-order valence-corrected chi connectivity index (χ1v) is 11.1. The van der Waals surface area contributed by atoms with Gasteiger partial charge in [-0.3, -0.25) is 0 Å². The molecule has 140 valence electrons. The Kier molecular flexibility index (Phi) is 7.43. The molecular weight excluding hydrogens is 312 g/mol. The molecule has 0 heterocycles. The summed E-state index contributed by atoms with van der Waals surface area (Å²) in [6, 6.07) is 8.64. The molecule has 0 bridgehead atoms. The van der Waals surface area contributed by atoms with Crippen LogP contribution in [-0.4, -0.2) is 0 Å². The van der Waals surface area contributed by atoms with Crippen LogP contribution in [0.25, 0.3) is 0 Å². The van der Waals surface area contributed by atoms with E-state index in [2.05, 4.69) is 62.1 Å². The molecule has 0 aromatic heterocycles. The van der Waals surface area contributed by atoms with Gasteiger partial charge in [-0.25, -0.2) is 0 Å². The largest absolute Gasteiger partial charge is 0.0730 e. The van der Waals surface area contributed by atoms with E-state index in [1.54, 1.807) is 0 Å². The third-order valence-electron chi connectivity index (χ3n) is 6.98. The van der Waals surface area contributed by atoms with Crippen molar-refractivity contribution in [3.8, 4) is 11.8 Å². The number of benzene rings is 1.